The van der Waals surface area contributed by atoms with Gasteiger partial charge in [-0.3, -0.25) is 14.5 Å². The molecular formula is C25H23BrN2O5. The Bertz CT molecular complexity index is 1250. The highest BCUT2D eigenvalue weighted by Gasteiger charge is 2.48. The molecular weight excluding hydrogens is 488 g/mol. The Labute approximate surface area is 199 Å². The maximum absolute atomic E-state index is 13.2. The van der Waals surface area contributed by atoms with Crippen LogP contribution in [-0.4, -0.2) is 29.1 Å². The van der Waals surface area contributed by atoms with Crippen LogP contribution in [0.15, 0.2) is 69.2 Å². The highest BCUT2D eigenvalue weighted by Crippen LogP contribution is 2.43. The van der Waals surface area contributed by atoms with E-state index >= 15 is 0 Å². The van der Waals surface area contributed by atoms with Gasteiger partial charge in [-0.05, 0) is 29.8 Å². The number of ketones is 1. The SMILES string of the molecule is COc1cccc([C@H]2/C(=C(\O)c3ccc(Br)cc3)C(=O)C(=O)N2c2cc(C(C)(C)C)on2)c1. The maximum atomic E-state index is 13.2. The number of ether oxygens (including phenoxy) is 1. The van der Waals surface area contributed by atoms with E-state index in [-0.39, 0.29) is 22.6 Å². The molecule has 3 aromatic rings. The lowest BCUT2D eigenvalue weighted by Crippen LogP contribution is -2.29. The molecule has 0 saturated carbocycles. The minimum atomic E-state index is -0.915. The fourth-order valence-corrected chi connectivity index (χ4v) is 3.96. The van der Waals surface area contributed by atoms with Crippen molar-refractivity contribution in [3.05, 3.63) is 81.5 Å². The zero-order chi connectivity index (χ0) is 23.9. The number of aromatic nitrogens is 1. The number of Topliss-reactive ketones (excluding diaryl/α,β-unsaturated/α-hetero) is 1. The first-order chi connectivity index (χ1) is 15.6. The zero-order valence-electron chi connectivity index (χ0n) is 18.6. The molecule has 33 heavy (non-hydrogen) atoms. The first-order valence-corrected chi connectivity index (χ1v) is 11.1. The third-order valence-corrected chi connectivity index (χ3v) is 5.98. The van der Waals surface area contributed by atoms with E-state index in [4.69, 9.17) is 9.26 Å². The predicted molar refractivity (Wildman–Crippen MR) is 127 cm³/mol. The average molecular weight is 511 g/mol. The van der Waals surface area contributed by atoms with Gasteiger partial charge in [0, 0.05) is 21.5 Å². The Morgan fingerprint density at radius 2 is 1.82 bits per heavy atom. The van der Waals surface area contributed by atoms with Gasteiger partial charge in [0.2, 0.25) is 0 Å². The third kappa shape index (κ3) is 4.18. The summed E-state index contributed by atoms with van der Waals surface area (Å²) in [6, 6.07) is 14.6. The van der Waals surface area contributed by atoms with E-state index in [9.17, 15) is 14.7 Å². The Kier molecular flexibility index (Phi) is 5.88. The first-order valence-electron chi connectivity index (χ1n) is 10.3. The number of aliphatic hydroxyl groups is 1. The van der Waals surface area contributed by atoms with E-state index < -0.39 is 17.7 Å². The highest BCUT2D eigenvalue weighted by atomic mass is 79.9. The summed E-state index contributed by atoms with van der Waals surface area (Å²) in [6.45, 7) is 5.87. The standard InChI is InChI=1S/C25H23BrN2O5/c1-25(2,3)18-13-19(27-33-18)28-21(15-6-5-7-17(12-15)32-4)20(23(30)24(28)31)22(29)14-8-10-16(26)11-9-14/h5-13,21,29H,1-4H3/b22-20+/t21-/m0/s1. The molecule has 1 N–H and O–H groups in total. The first kappa shape index (κ1) is 22.8. The monoisotopic (exact) mass is 510 g/mol. The van der Waals surface area contributed by atoms with Gasteiger partial charge in [0.1, 0.15) is 17.3 Å². The molecule has 1 atom stereocenters. The molecule has 1 aromatic heterocycles. The summed E-state index contributed by atoms with van der Waals surface area (Å²) in [7, 11) is 1.53. The number of benzene rings is 2. The van der Waals surface area contributed by atoms with Crippen molar-refractivity contribution in [2.45, 2.75) is 32.2 Å². The number of nitrogens with zero attached hydrogens (tertiary/aromatic N) is 2. The summed E-state index contributed by atoms with van der Waals surface area (Å²) in [4.78, 5) is 27.7. The van der Waals surface area contributed by atoms with E-state index in [0.717, 1.165) is 4.47 Å². The van der Waals surface area contributed by atoms with E-state index in [0.29, 0.717) is 22.6 Å². The largest absolute Gasteiger partial charge is 0.507 e. The fourth-order valence-electron chi connectivity index (χ4n) is 3.69. The minimum Gasteiger partial charge on any atom is -0.507 e. The molecule has 1 saturated heterocycles. The number of halogens is 1. The lowest BCUT2D eigenvalue weighted by Gasteiger charge is -2.23. The molecule has 170 valence electrons. The molecule has 2 aromatic carbocycles. The van der Waals surface area contributed by atoms with Crippen LogP contribution < -0.4 is 9.64 Å². The summed E-state index contributed by atoms with van der Waals surface area (Å²) in [5.41, 5.74) is 0.630. The average Bonchev–Trinajstić information content (AvgIpc) is 3.37. The van der Waals surface area contributed by atoms with Crippen LogP contribution in [0.25, 0.3) is 5.76 Å². The molecule has 1 fully saturated rings. The lowest BCUT2D eigenvalue weighted by molar-refractivity contribution is -0.132. The van der Waals surface area contributed by atoms with Crippen LogP contribution in [0.3, 0.4) is 0 Å². The van der Waals surface area contributed by atoms with Crippen LogP contribution in [0.4, 0.5) is 5.82 Å². The fraction of sp³-hybridized carbons (Fsp3) is 0.240. The van der Waals surface area contributed by atoms with Crippen molar-refractivity contribution in [3.8, 4) is 5.75 Å². The second-order valence-corrected chi connectivity index (χ2v) is 9.67. The van der Waals surface area contributed by atoms with Crippen LogP contribution in [0.1, 0.15) is 43.7 Å². The minimum absolute atomic E-state index is 0.0316. The van der Waals surface area contributed by atoms with Crippen LogP contribution in [0, 0.1) is 0 Å². The van der Waals surface area contributed by atoms with Crippen molar-refractivity contribution in [2.75, 3.05) is 12.0 Å². The molecule has 4 rings (SSSR count). The van der Waals surface area contributed by atoms with Gasteiger partial charge in [-0.15, -0.1) is 0 Å². The van der Waals surface area contributed by atoms with Gasteiger partial charge in [-0.1, -0.05) is 66.1 Å². The van der Waals surface area contributed by atoms with Crippen molar-refractivity contribution in [1.82, 2.24) is 5.16 Å². The topological polar surface area (TPSA) is 92.9 Å². The van der Waals surface area contributed by atoms with E-state index in [2.05, 4.69) is 21.1 Å². The molecule has 7 nitrogen and oxygen atoms in total. The number of rotatable bonds is 4. The van der Waals surface area contributed by atoms with E-state index in [1.165, 1.54) is 12.0 Å². The van der Waals surface area contributed by atoms with Gasteiger partial charge in [-0.25, -0.2) is 0 Å². The van der Waals surface area contributed by atoms with Crippen LogP contribution in [-0.2, 0) is 15.0 Å². The number of amides is 1. The van der Waals surface area contributed by atoms with Crippen molar-refractivity contribution in [1.29, 1.82) is 0 Å². The number of methoxy groups -OCH3 is 1. The summed E-state index contributed by atoms with van der Waals surface area (Å²) in [5.74, 6) is -0.548. The number of carbonyl (C=O) groups is 2. The van der Waals surface area contributed by atoms with Crippen molar-refractivity contribution in [2.24, 2.45) is 0 Å². The normalized spacial score (nSPS) is 18.1. The molecule has 8 heteroatoms. The van der Waals surface area contributed by atoms with Gasteiger partial charge in [0.15, 0.2) is 5.82 Å². The predicted octanol–water partition coefficient (Wildman–Crippen LogP) is 5.37. The smallest absolute Gasteiger partial charge is 0.301 e. The molecule has 2 heterocycles. The van der Waals surface area contributed by atoms with Crippen molar-refractivity contribution in [3.63, 3.8) is 0 Å². The Hall–Kier alpha value is -3.39. The summed E-state index contributed by atoms with van der Waals surface area (Å²) >= 11 is 3.36. The Balaban J connectivity index is 1.93. The molecule has 0 radical (unpaired) electrons. The quantitative estimate of drug-likeness (QED) is 0.288. The second-order valence-electron chi connectivity index (χ2n) is 8.75. The van der Waals surface area contributed by atoms with Crippen molar-refractivity contribution >= 4 is 39.2 Å². The van der Waals surface area contributed by atoms with Gasteiger partial charge in [-0.2, -0.15) is 0 Å². The third-order valence-electron chi connectivity index (χ3n) is 5.46. The van der Waals surface area contributed by atoms with Gasteiger partial charge in [0.05, 0.1) is 18.7 Å². The lowest BCUT2D eigenvalue weighted by atomic mass is 9.93. The number of anilines is 1. The van der Waals surface area contributed by atoms with Crippen LogP contribution >= 0.6 is 15.9 Å². The molecule has 1 aliphatic rings. The van der Waals surface area contributed by atoms with E-state index in [1.54, 1.807) is 54.6 Å². The number of hydrogen-bond donors (Lipinski definition) is 1. The zero-order valence-corrected chi connectivity index (χ0v) is 20.2. The van der Waals surface area contributed by atoms with Crippen LogP contribution in [0.2, 0.25) is 0 Å². The Morgan fingerprint density at radius 3 is 2.42 bits per heavy atom. The second kappa shape index (κ2) is 8.51. The van der Waals surface area contributed by atoms with Gasteiger partial charge < -0.3 is 14.4 Å². The van der Waals surface area contributed by atoms with Crippen LogP contribution in [0.5, 0.6) is 5.75 Å². The molecule has 0 aliphatic carbocycles. The molecule has 0 unspecified atom stereocenters. The maximum Gasteiger partial charge on any atom is 0.301 e. The molecule has 0 spiro atoms. The number of hydrogen-bond acceptors (Lipinski definition) is 6. The summed E-state index contributed by atoms with van der Waals surface area (Å²) in [5, 5.41) is 15.2. The van der Waals surface area contributed by atoms with Crippen molar-refractivity contribution < 1.29 is 24.0 Å². The van der Waals surface area contributed by atoms with Gasteiger partial charge >= 0.3 is 5.91 Å². The number of aliphatic hydroxyl groups excluding tert-OH is 1. The molecule has 1 amide bonds. The van der Waals surface area contributed by atoms with Gasteiger partial charge in [0.25, 0.3) is 5.78 Å². The highest BCUT2D eigenvalue weighted by molar-refractivity contribution is 9.10. The number of carbonyl (C=O) groups excluding carboxylic acids is 2. The summed E-state index contributed by atoms with van der Waals surface area (Å²) in [6.07, 6.45) is 0. The van der Waals surface area contributed by atoms with E-state index in [1.807, 2.05) is 20.8 Å². The molecule has 0 bridgehead atoms. The Morgan fingerprint density at radius 1 is 1.12 bits per heavy atom. The molecule has 1 aliphatic heterocycles. The summed E-state index contributed by atoms with van der Waals surface area (Å²) < 4.78 is 11.6.